The molecule has 130 valence electrons. The Labute approximate surface area is 146 Å². The van der Waals surface area contributed by atoms with Crippen LogP contribution in [0.1, 0.15) is 32.1 Å². The fourth-order valence-corrected chi connectivity index (χ4v) is 3.76. The molecule has 6 nitrogen and oxygen atoms in total. The number of hydrogen-bond acceptors (Lipinski definition) is 3. The molecule has 0 spiro atoms. The largest absolute Gasteiger partial charge is 0.495 e. The number of anilines is 1. The van der Waals surface area contributed by atoms with Crippen molar-refractivity contribution in [3.8, 4) is 5.75 Å². The third kappa shape index (κ3) is 3.82. The topological polar surface area (TPSA) is 84.0 Å². The molecule has 1 aromatic rings. The number of halogens is 1. The van der Waals surface area contributed by atoms with Gasteiger partial charge in [0.15, 0.2) is 6.04 Å². The molecule has 4 N–H and O–H groups in total. The van der Waals surface area contributed by atoms with Crippen molar-refractivity contribution in [2.75, 3.05) is 12.4 Å². The van der Waals surface area contributed by atoms with Gasteiger partial charge in [0.05, 0.1) is 25.3 Å². The summed E-state index contributed by atoms with van der Waals surface area (Å²) in [5.74, 6) is 0.268. The molecule has 0 aromatic heterocycles. The van der Waals surface area contributed by atoms with Gasteiger partial charge in [-0.15, -0.1) is 0 Å². The first-order valence-corrected chi connectivity index (χ1v) is 8.73. The fraction of sp³-hybridized carbons (Fsp3) is 0.529. The number of amides is 2. The Hall–Kier alpha value is -1.79. The molecule has 0 unspecified atom stereocenters. The average Bonchev–Trinajstić information content (AvgIpc) is 2.55. The van der Waals surface area contributed by atoms with Crippen molar-refractivity contribution in [1.29, 1.82) is 0 Å². The van der Waals surface area contributed by atoms with Gasteiger partial charge < -0.3 is 20.7 Å². The van der Waals surface area contributed by atoms with E-state index in [2.05, 4.69) is 16.0 Å². The van der Waals surface area contributed by atoms with Crippen molar-refractivity contribution in [3.63, 3.8) is 0 Å². The van der Waals surface area contributed by atoms with Gasteiger partial charge in [-0.1, -0.05) is 18.0 Å². The summed E-state index contributed by atoms with van der Waals surface area (Å²) in [5.41, 5.74) is 0.516. The SMILES string of the molecule is COc1ccc(Cl)cc1NC(=O)C[C@H]1[NH2+][C@@H]2CCCC[C@@H]2NC1=O. The highest BCUT2D eigenvalue weighted by atomic mass is 35.5. The van der Waals surface area contributed by atoms with E-state index in [4.69, 9.17) is 16.3 Å². The summed E-state index contributed by atoms with van der Waals surface area (Å²) in [6, 6.07) is 5.29. The Morgan fingerprint density at radius 3 is 3.00 bits per heavy atom. The van der Waals surface area contributed by atoms with Gasteiger partial charge >= 0.3 is 0 Å². The zero-order valence-electron chi connectivity index (χ0n) is 13.7. The van der Waals surface area contributed by atoms with Crippen LogP contribution >= 0.6 is 11.6 Å². The number of fused-ring (bicyclic) bond motifs is 1. The number of nitrogens with two attached hydrogens (primary N) is 1. The lowest BCUT2D eigenvalue weighted by molar-refractivity contribution is -0.718. The van der Waals surface area contributed by atoms with E-state index < -0.39 is 0 Å². The molecule has 0 radical (unpaired) electrons. The molecule has 3 rings (SSSR count). The van der Waals surface area contributed by atoms with Crippen LogP contribution in [0.4, 0.5) is 5.69 Å². The molecule has 2 fully saturated rings. The van der Waals surface area contributed by atoms with Crippen molar-refractivity contribution < 1.29 is 19.6 Å². The van der Waals surface area contributed by atoms with E-state index in [1.807, 2.05) is 0 Å². The lowest BCUT2D eigenvalue weighted by Gasteiger charge is -2.37. The van der Waals surface area contributed by atoms with Crippen LogP contribution in [0, 0.1) is 0 Å². The second-order valence-electron chi connectivity index (χ2n) is 6.46. The number of carbonyl (C=O) groups is 2. The minimum absolute atomic E-state index is 0.0497. The second-order valence-corrected chi connectivity index (χ2v) is 6.90. The van der Waals surface area contributed by atoms with Crippen molar-refractivity contribution in [2.45, 2.75) is 50.2 Å². The molecule has 7 heteroatoms. The monoisotopic (exact) mass is 352 g/mol. The normalized spacial score (nSPS) is 26.2. The summed E-state index contributed by atoms with van der Waals surface area (Å²) < 4.78 is 5.22. The number of hydrogen-bond donors (Lipinski definition) is 3. The van der Waals surface area contributed by atoms with Gasteiger partial charge in [-0.05, 0) is 31.0 Å². The van der Waals surface area contributed by atoms with Crippen molar-refractivity contribution >= 4 is 29.1 Å². The van der Waals surface area contributed by atoms with E-state index in [9.17, 15) is 9.59 Å². The Balaban J connectivity index is 1.62. The summed E-state index contributed by atoms with van der Waals surface area (Å²) in [5, 5.41) is 8.45. The minimum Gasteiger partial charge on any atom is -0.495 e. The number of ether oxygens (including phenoxy) is 1. The Morgan fingerprint density at radius 1 is 1.42 bits per heavy atom. The molecule has 2 aliphatic rings. The first-order valence-electron chi connectivity index (χ1n) is 8.35. The molecule has 1 saturated heterocycles. The number of benzene rings is 1. The molecule has 1 aliphatic heterocycles. The fourth-order valence-electron chi connectivity index (χ4n) is 3.58. The van der Waals surface area contributed by atoms with Crippen LogP contribution in [0.2, 0.25) is 5.02 Å². The first-order chi connectivity index (χ1) is 11.6. The van der Waals surface area contributed by atoms with Crippen molar-refractivity contribution in [1.82, 2.24) is 5.32 Å². The molecule has 1 saturated carbocycles. The third-order valence-electron chi connectivity index (χ3n) is 4.80. The molecular weight excluding hydrogens is 330 g/mol. The van der Waals surface area contributed by atoms with E-state index >= 15 is 0 Å². The smallest absolute Gasteiger partial charge is 0.279 e. The number of piperazine rings is 1. The van der Waals surface area contributed by atoms with Gasteiger partial charge in [-0.3, -0.25) is 9.59 Å². The van der Waals surface area contributed by atoms with Crippen LogP contribution in [0.25, 0.3) is 0 Å². The molecular formula is C17H23ClN3O3+. The van der Waals surface area contributed by atoms with E-state index in [-0.39, 0.29) is 30.3 Å². The van der Waals surface area contributed by atoms with Gasteiger partial charge in [0.2, 0.25) is 5.91 Å². The summed E-state index contributed by atoms with van der Waals surface area (Å²) in [7, 11) is 1.53. The highest BCUT2D eigenvalue weighted by molar-refractivity contribution is 6.31. The maximum absolute atomic E-state index is 12.4. The van der Waals surface area contributed by atoms with Crippen LogP contribution in [0.15, 0.2) is 18.2 Å². The maximum atomic E-state index is 12.4. The third-order valence-corrected chi connectivity index (χ3v) is 5.04. The Kier molecular flexibility index (Phi) is 5.26. The van der Waals surface area contributed by atoms with Gasteiger partial charge in [-0.25, -0.2) is 0 Å². The van der Waals surface area contributed by atoms with Gasteiger partial charge in [0.25, 0.3) is 5.91 Å². The Morgan fingerprint density at radius 2 is 2.21 bits per heavy atom. The summed E-state index contributed by atoms with van der Waals surface area (Å²) >= 11 is 5.97. The minimum atomic E-state index is -0.380. The lowest BCUT2D eigenvalue weighted by Crippen LogP contribution is -3.03. The number of carbonyl (C=O) groups excluding carboxylic acids is 2. The van der Waals surface area contributed by atoms with Crippen LogP contribution in [0.3, 0.4) is 0 Å². The van der Waals surface area contributed by atoms with Crippen LogP contribution in [0.5, 0.6) is 5.75 Å². The van der Waals surface area contributed by atoms with Crippen LogP contribution < -0.4 is 20.7 Å². The molecule has 0 bridgehead atoms. The molecule has 3 atom stereocenters. The number of rotatable bonds is 4. The van der Waals surface area contributed by atoms with Crippen molar-refractivity contribution in [3.05, 3.63) is 23.2 Å². The molecule has 2 amide bonds. The number of quaternary nitrogens is 1. The number of nitrogens with one attached hydrogen (secondary N) is 2. The first kappa shape index (κ1) is 17.0. The highest BCUT2D eigenvalue weighted by Crippen LogP contribution is 2.27. The standard InChI is InChI=1S/C17H22ClN3O3/c1-24-15-7-6-10(18)8-13(15)20-16(22)9-14-17(23)21-12-5-3-2-4-11(12)19-14/h6-8,11-12,14,19H,2-5,9H2,1H3,(H,20,22)(H,21,23)/p+1/t11-,12+,14-/m1/s1. The van der Waals surface area contributed by atoms with Gasteiger partial charge in [-0.2, -0.15) is 0 Å². The highest BCUT2D eigenvalue weighted by Gasteiger charge is 2.40. The molecule has 1 aromatic carbocycles. The molecule has 1 heterocycles. The Bertz CT molecular complexity index is 638. The molecule has 1 aliphatic carbocycles. The van der Waals surface area contributed by atoms with Crippen LogP contribution in [-0.2, 0) is 9.59 Å². The van der Waals surface area contributed by atoms with Gasteiger partial charge in [0.1, 0.15) is 11.8 Å². The van der Waals surface area contributed by atoms with Gasteiger partial charge in [0, 0.05) is 11.4 Å². The lowest BCUT2D eigenvalue weighted by atomic mass is 9.87. The number of methoxy groups -OCH3 is 1. The van der Waals surface area contributed by atoms with E-state index in [1.165, 1.54) is 13.5 Å². The average molecular weight is 353 g/mol. The van der Waals surface area contributed by atoms with E-state index in [0.29, 0.717) is 22.5 Å². The zero-order valence-corrected chi connectivity index (χ0v) is 14.4. The summed E-state index contributed by atoms with van der Waals surface area (Å²) in [4.78, 5) is 24.6. The predicted molar refractivity (Wildman–Crippen MR) is 91.2 cm³/mol. The van der Waals surface area contributed by atoms with Crippen molar-refractivity contribution in [2.24, 2.45) is 0 Å². The quantitative estimate of drug-likeness (QED) is 0.757. The van der Waals surface area contributed by atoms with E-state index in [1.54, 1.807) is 18.2 Å². The summed E-state index contributed by atoms with van der Waals surface area (Å²) in [6.45, 7) is 0. The zero-order chi connectivity index (χ0) is 17.1. The maximum Gasteiger partial charge on any atom is 0.279 e. The summed E-state index contributed by atoms with van der Waals surface area (Å²) in [6.07, 6.45) is 4.60. The predicted octanol–water partition coefficient (Wildman–Crippen LogP) is 1.05. The van der Waals surface area contributed by atoms with Crippen LogP contribution in [-0.4, -0.2) is 37.0 Å². The van der Waals surface area contributed by atoms with E-state index in [0.717, 1.165) is 19.3 Å². The second kappa shape index (κ2) is 7.40. The molecule has 24 heavy (non-hydrogen) atoms.